The van der Waals surface area contributed by atoms with E-state index in [1.807, 2.05) is 0 Å². The molecule has 154 valence electrons. The van der Waals surface area contributed by atoms with Gasteiger partial charge in [0.25, 0.3) is 0 Å². The summed E-state index contributed by atoms with van der Waals surface area (Å²) in [7, 11) is -3.15. The van der Waals surface area contributed by atoms with Crippen LogP contribution in [0.15, 0.2) is 12.2 Å². The molecule has 0 aliphatic carbocycles. The zero-order chi connectivity index (χ0) is 20.4. The number of aliphatic hydroxyl groups is 2. The van der Waals surface area contributed by atoms with Crippen LogP contribution >= 0.6 is 6.85 Å². The third-order valence-electron chi connectivity index (χ3n) is 4.49. The molecule has 27 heavy (non-hydrogen) atoms. The maximum atomic E-state index is 11.3. The quantitative estimate of drug-likeness (QED) is 0.209. The van der Waals surface area contributed by atoms with Gasteiger partial charge in [0.1, 0.15) is 0 Å². The Bertz CT molecular complexity index is 623. The first-order valence-corrected chi connectivity index (χ1v) is 13.2. The minimum absolute atomic E-state index is 0.0544. The molecule has 1 rings (SSSR count). The van der Waals surface area contributed by atoms with E-state index in [0.29, 0.717) is 44.2 Å². The Kier molecular flexibility index (Phi) is 11.9. The van der Waals surface area contributed by atoms with Gasteiger partial charge in [-0.3, -0.25) is 0 Å². The molecule has 0 amide bonds. The number of rotatable bonds is 12. The normalized spacial score (nSPS) is 25.4. The molecule has 0 bridgehead atoms. The van der Waals surface area contributed by atoms with Crippen molar-refractivity contribution in [2.45, 2.75) is 69.9 Å². The zero-order valence-electron chi connectivity index (χ0n) is 16.1. The van der Waals surface area contributed by atoms with Gasteiger partial charge in [-0.1, -0.05) is 6.58 Å². The van der Waals surface area contributed by atoms with E-state index < -0.39 is 22.0 Å². The van der Waals surface area contributed by atoms with Crippen LogP contribution in [0.1, 0.15) is 45.4 Å². The molecular weight excluding hydrogens is 406 g/mol. The number of hydrogen-bond acceptors (Lipinski definition) is 7. The van der Waals surface area contributed by atoms with E-state index >= 15 is 0 Å². The summed E-state index contributed by atoms with van der Waals surface area (Å²) in [5.41, 5.74) is 0.488. The number of sulfone groups is 1. The third kappa shape index (κ3) is 12.4. The summed E-state index contributed by atoms with van der Waals surface area (Å²) >= 11 is 4.76. The maximum absolute atomic E-state index is 11.3. The average Bonchev–Trinajstić information content (AvgIpc) is 2.48. The molecule has 1 aliphatic heterocycles. The van der Waals surface area contributed by atoms with Crippen molar-refractivity contribution in [2.75, 3.05) is 18.6 Å². The Morgan fingerprint density at radius 3 is 2.63 bits per heavy atom. The number of ether oxygens (including phenoxy) is 1. The Balaban J connectivity index is 2.43. The molecule has 0 spiro atoms. The fraction of sp³-hybridized carbons (Fsp3) is 0.882. The molecule has 0 radical (unpaired) electrons. The van der Waals surface area contributed by atoms with Gasteiger partial charge in [0.2, 0.25) is 0 Å². The summed E-state index contributed by atoms with van der Waals surface area (Å²) in [5.74, 6) is 0.263. The largest absolute Gasteiger partial charge is 0.229 e. The van der Waals surface area contributed by atoms with Crippen LogP contribution in [0.4, 0.5) is 0 Å². The van der Waals surface area contributed by atoms with E-state index in [1.165, 1.54) is 0 Å². The van der Waals surface area contributed by atoms with Gasteiger partial charge in [0.05, 0.1) is 5.75 Å². The minimum Gasteiger partial charge on any atom is -0.229 e. The molecule has 0 unspecified atom stereocenters. The third-order valence-corrected chi connectivity index (χ3v) is 5.92. The monoisotopic (exact) mass is 437 g/mol. The van der Waals surface area contributed by atoms with Gasteiger partial charge in [0.15, 0.2) is 9.84 Å². The molecule has 1 heterocycles. The van der Waals surface area contributed by atoms with Crippen LogP contribution in [0.3, 0.4) is 0 Å². The molecule has 0 aromatic heterocycles. The van der Waals surface area contributed by atoms with E-state index in [-0.39, 0.29) is 24.4 Å². The maximum Gasteiger partial charge on any atom is 0.151 e. The van der Waals surface area contributed by atoms with Crippen LogP contribution in [0.25, 0.3) is 0 Å². The van der Waals surface area contributed by atoms with Crippen LogP contribution in [0.5, 0.6) is 0 Å². The van der Waals surface area contributed by atoms with Crippen molar-refractivity contribution in [2.24, 2.45) is 5.92 Å². The molecule has 1 saturated heterocycles. The van der Waals surface area contributed by atoms with Crippen molar-refractivity contribution in [1.82, 2.24) is 0 Å². The van der Waals surface area contributed by atoms with E-state index in [4.69, 9.17) is 21.2 Å². The van der Waals surface area contributed by atoms with Gasteiger partial charge in [-0.2, -0.15) is 0 Å². The molecule has 0 aromatic rings. The van der Waals surface area contributed by atoms with E-state index in [2.05, 4.69) is 13.5 Å². The minimum atomic E-state index is -3.15. The second-order valence-corrected chi connectivity index (χ2v) is 10.8. The molecule has 5 atom stereocenters. The smallest absolute Gasteiger partial charge is 0.151 e. The summed E-state index contributed by atoms with van der Waals surface area (Å²) in [6.45, 7) is 8.76. The fourth-order valence-electron chi connectivity index (χ4n) is 3.46. The summed E-state index contributed by atoms with van der Waals surface area (Å²) in [6, 6.07) is 0. The van der Waals surface area contributed by atoms with Crippen molar-refractivity contribution in [3.05, 3.63) is 12.2 Å². The van der Waals surface area contributed by atoms with E-state index in [0.717, 1.165) is 19.1 Å². The van der Waals surface area contributed by atoms with Gasteiger partial charge in [0, 0.05) is 6.26 Å². The van der Waals surface area contributed by atoms with Gasteiger partial charge >= 0.3 is 133 Å². The van der Waals surface area contributed by atoms with Gasteiger partial charge in [-0.05, 0) is 0 Å². The van der Waals surface area contributed by atoms with Crippen LogP contribution in [0.2, 0.25) is 0 Å². The molecule has 1 aliphatic rings. The molecule has 10 heteroatoms. The van der Waals surface area contributed by atoms with Crippen LogP contribution < -0.4 is 0 Å². The second kappa shape index (κ2) is 12.7. The second-order valence-electron chi connectivity index (χ2n) is 7.63. The number of hydrogen-bond donors (Lipinski definition) is 2. The van der Waals surface area contributed by atoms with E-state index in [9.17, 15) is 18.6 Å². The summed E-state index contributed by atoms with van der Waals surface area (Å²) in [5, 5.41) is 20.4. The van der Waals surface area contributed by atoms with E-state index in [1.54, 1.807) is 6.82 Å². The Morgan fingerprint density at radius 1 is 1.41 bits per heavy atom. The standard InChI is InChI=1S/C17H31BO6PS2/c1-12(4-5-23-18-25-26)7-16-9-15(20)10-17(24-16)8-14(19)6-13(2)11-27(3,21)22/h12,14-17,19-20H,2,4-11H2,1,3H3/q+1/t12-,14-,15-,16+,17-/m0/s1. The van der Waals surface area contributed by atoms with Gasteiger partial charge in [-0.15, -0.1) is 0 Å². The topological polar surface area (TPSA) is 93.1 Å². The molecule has 2 N–H and O–H groups in total. The van der Waals surface area contributed by atoms with Crippen molar-refractivity contribution < 1.29 is 28.0 Å². The predicted octanol–water partition coefficient (Wildman–Crippen LogP) is 2.01. The first kappa shape index (κ1) is 25.3. The van der Waals surface area contributed by atoms with Crippen molar-refractivity contribution in [1.29, 1.82) is 0 Å². The van der Waals surface area contributed by atoms with Gasteiger partial charge in [-0.25, -0.2) is 8.42 Å². The fourth-order valence-corrected chi connectivity index (χ4v) is 4.67. The van der Waals surface area contributed by atoms with Crippen molar-refractivity contribution >= 4 is 35.3 Å². The first-order chi connectivity index (χ1) is 12.6. The summed E-state index contributed by atoms with van der Waals surface area (Å²) in [4.78, 5) is 0. The number of aliphatic hydroxyl groups excluding tert-OH is 2. The van der Waals surface area contributed by atoms with Gasteiger partial charge < -0.3 is 0 Å². The Hall–Kier alpha value is 0.245. The van der Waals surface area contributed by atoms with Crippen molar-refractivity contribution in [3.63, 3.8) is 0 Å². The first-order valence-electron chi connectivity index (χ1n) is 9.20. The predicted molar refractivity (Wildman–Crippen MR) is 112 cm³/mol. The van der Waals surface area contributed by atoms with Crippen LogP contribution in [-0.2, 0) is 31.0 Å². The van der Waals surface area contributed by atoms with Crippen LogP contribution in [0, 0.1) is 5.92 Å². The zero-order valence-corrected chi connectivity index (χ0v) is 18.6. The summed E-state index contributed by atoms with van der Waals surface area (Å²) < 4.78 is 34.0. The molecule has 1 fully saturated rings. The molecule has 6 nitrogen and oxygen atoms in total. The Labute approximate surface area is 169 Å². The SMILES string of the molecule is C=C(C[C@H](O)C[C@H]1C[C@@H](O)C[C@@H](C[C@@H](C)CCOB=[P+]=S)O1)CS(C)(=O)=O. The molecule has 0 aromatic carbocycles. The molecule has 0 saturated carbocycles. The van der Waals surface area contributed by atoms with Crippen LogP contribution in [-0.4, -0.2) is 68.5 Å². The Morgan fingerprint density at radius 2 is 2.04 bits per heavy atom. The average molecular weight is 437 g/mol. The van der Waals surface area contributed by atoms with Crippen molar-refractivity contribution in [3.8, 4) is 0 Å². The molecular formula is C17H31BO6PS2+. The summed E-state index contributed by atoms with van der Waals surface area (Å²) in [6.07, 6.45) is 3.04.